The third-order valence-electron chi connectivity index (χ3n) is 8.75. The standard InChI is InChI=1S/C34H39FO5/c1-33(2)13-6-16-39-32(33)28-17-22(9-11-26(28)27-19-24(38-4)10-12-30(27)35)21-40-25-8-5-7-23(18-25)29(20-31(36)37)34(3)14-15-34/h5,7-12,17-19,29,32H,6,13-16,20-21H2,1-4H3,(H,36,37)/t29-,32+/m1/s1. The van der Waals surface area contributed by atoms with Crippen LogP contribution in [0.3, 0.4) is 0 Å². The van der Waals surface area contributed by atoms with Gasteiger partial charge in [0, 0.05) is 12.2 Å². The number of ether oxygens (including phenoxy) is 3. The molecule has 5 rings (SSSR count). The second kappa shape index (κ2) is 11.2. The molecule has 1 aliphatic heterocycles. The molecule has 3 aromatic rings. The molecule has 1 saturated heterocycles. The first-order chi connectivity index (χ1) is 19.1. The quantitative estimate of drug-likeness (QED) is 0.277. The van der Waals surface area contributed by atoms with E-state index in [4.69, 9.17) is 14.2 Å². The van der Waals surface area contributed by atoms with Gasteiger partial charge < -0.3 is 19.3 Å². The highest BCUT2D eigenvalue weighted by Crippen LogP contribution is 2.57. The number of halogens is 1. The summed E-state index contributed by atoms with van der Waals surface area (Å²) in [6, 6.07) is 18.6. The average Bonchev–Trinajstić information content (AvgIpc) is 3.68. The van der Waals surface area contributed by atoms with Gasteiger partial charge in [0.1, 0.15) is 23.9 Å². The van der Waals surface area contributed by atoms with Gasteiger partial charge in [-0.1, -0.05) is 45.0 Å². The lowest BCUT2D eigenvalue weighted by atomic mass is 9.75. The fourth-order valence-corrected chi connectivity index (χ4v) is 6.07. The molecule has 5 nitrogen and oxygen atoms in total. The van der Waals surface area contributed by atoms with Crippen molar-refractivity contribution in [1.29, 1.82) is 0 Å². The second-order valence-corrected chi connectivity index (χ2v) is 12.3. The molecule has 0 spiro atoms. The summed E-state index contributed by atoms with van der Waals surface area (Å²) in [5, 5.41) is 9.51. The Labute approximate surface area is 236 Å². The molecule has 212 valence electrons. The highest BCUT2D eigenvalue weighted by molar-refractivity contribution is 5.71. The third kappa shape index (κ3) is 6.02. The van der Waals surface area contributed by atoms with E-state index in [-0.39, 0.29) is 35.1 Å². The maximum absolute atomic E-state index is 15.1. The zero-order valence-corrected chi connectivity index (χ0v) is 23.8. The van der Waals surface area contributed by atoms with Gasteiger partial charge in [0.25, 0.3) is 0 Å². The maximum Gasteiger partial charge on any atom is 0.303 e. The van der Waals surface area contributed by atoms with Gasteiger partial charge in [0.05, 0.1) is 19.6 Å². The molecule has 2 fully saturated rings. The molecule has 3 aromatic carbocycles. The molecule has 0 amide bonds. The Bertz CT molecular complexity index is 1380. The number of hydrogen-bond acceptors (Lipinski definition) is 4. The molecule has 2 aliphatic rings. The van der Waals surface area contributed by atoms with Crippen LogP contribution >= 0.6 is 0 Å². The predicted molar refractivity (Wildman–Crippen MR) is 153 cm³/mol. The van der Waals surface area contributed by atoms with Crippen molar-refractivity contribution in [2.45, 2.75) is 71.5 Å². The summed E-state index contributed by atoms with van der Waals surface area (Å²) >= 11 is 0. The van der Waals surface area contributed by atoms with Crippen molar-refractivity contribution in [2.24, 2.45) is 10.8 Å². The lowest BCUT2D eigenvalue weighted by Gasteiger charge is -2.39. The minimum absolute atomic E-state index is 0.0317. The summed E-state index contributed by atoms with van der Waals surface area (Å²) in [7, 11) is 1.58. The van der Waals surface area contributed by atoms with Gasteiger partial charge in [-0.15, -0.1) is 0 Å². The van der Waals surface area contributed by atoms with E-state index in [0.717, 1.165) is 47.9 Å². The van der Waals surface area contributed by atoms with Crippen LogP contribution in [-0.4, -0.2) is 24.8 Å². The number of aliphatic carboxylic acids is 1. The van der Waals surface area contributed by atoms with Gasteiger partial charge in [-0.2, -0.15) is 0 Å². The predicted octanol–water partition coefficient (Wildman–Crippen LogP) is 8.32. The molecule has 1 heterocycles. The topological polar surface area (TPSA) is 65.0 Å². The van der Waals surface area contributed by atoms with E-state index in [0.29, 0.717) is 30.3 Å². The van der Waals surface area contributed by atoms with Gasteiger partial charge in [-0.05, 0) is 101 Å². The van der Waals surface area contributed by atoms with E-state index in [1.807, 2.05) is 36.4 Å². The lowest BCUT2D eigenvalue weighted by molar-refractivity contribution is -0.137. The molecule has 2 atom stereocenters. The summed E-state index contributed by atoms with van der Waals surface area (Å²) < 4.78 is 33.1. The van der Waals surface area contributed by atoms with Crippen LogP contribution in [0.25, 0.3) is 11.1 Å². The molecule has 6 heteroatoms. The van der Waals surface area contributed by atoms with E-state index in [9.17, 15) is 9.90 Å². The fraction of sp³-hybridized carbons (Fsp3) is 0.441. The fourth-order valence-electron chi connectivity index (χ4n) is 6.07. The number of rotatable bonds is 10. The highest BCUT2D eigenvalue weighted by Gasteiger charge is 2.46. The Hall–Kier alpha value is -3.38. The van der Waals surface area contributed by atoms with Crippen LogP contribution < -0.4 is 9.47 Å². The van der Waals surface area contributed by atoms with Gasteiger partial charge in [0.2, 0.25) is 0 Å². The first-order valence-corrected chi connectivity index (χ1v) is 14.1. The Morgan fingerprint density at radius 2 is 1.82 bits per heavy atom. The first-order valence-electron chi connectivity index (χ1n) is 14.1. The van der Waals surface area contributed by atoms with Crippen LogP contribution in [-0.2, 0) is 16.1 Å². The second-order valence-electron chi connectivity index (χ2n) is 12.3. The molecule has 0 radical (unpaired) electrons. The van der Waals surface area contributed by atoms with E-state index in [2.05, 4.69) is 26.8 Å². The van der Waals surface area contributed by atoms with E-state index in [1.54, 1.807) is 19.2 Å². The molecular weight excluding hydrogens is 507 g/mol. The van der Waals surface area contributed by atoms with Gasteiger partial charge in [-0.3, -0.25) is 4.79 Å². The molecular formula is C34H39FO5. The molecule has 1 aliphatic carbocycles. The van der Waals surface area contributed by atoms with Crippen LogP contribution in [0.15, 0.2) is 60.7 Å². The maximum atomic E-state index is 15.1. The number of carbonyl (C=O) groups is 1. The van der Waals surface area contributed by atoms with Crippen molar-refractivity contribution in [1.82, 2.24) is 0 Å². The zero-order valence-electron chi connectivity index (χ0n) is 23.8. The Morgan fingerprint density at radius 1 is 1.02 bits per heavy atom. The van der Waals surface area contributed by atoms with Crippen molar-refractivity contribution in [2.75, 3.05) is 13.7 Å². The van der Waals surface area contributed by atoms with Crippen LogP contribution in [0, 0.1) is 16.6 Å². The Kier molecular flexibility index (Phi) is 7.92. The number of benzene rings is 3. The van der Waals surface area contributed by atoms with E-state index in [1.165, 1.54) is 6.07 Å². The van der Waals surface area contributed by atoms with Crippen molar-refractivity contribution < 1.29 is 28.5 Å². The third-order valence-corrected chi connectivity index (χ3v) is 8.75. The SMILES string of the molecule is COc1ccc(F)c(-c2ccc(COc3cccc([C@@H](CC(=O)O)C4(C)CC4)c3)cc2[C@@H]2OCCCC2(C)C)c1. The average molecular weight is 547 g/mol. The largest absolute Gasteiger partial charge is 0.497 e. The molecule has 1 N–H and O–H groups in total. The Balaban J connectivity index is 1.45. The minimum Gasteiger partial charge on any atom is -0.497 e. The summed E-state index contributed by atoms with van der Waals surface area (Å²) in [6.45, 7) is 7.55. The number of hydrogen-bond donors (Lipinski definition) is 1. The Morgan fingerprint density at radius 3 is 2.52 bits per heavy atom. The molecule has 0 unspecified atom stereocenters. The molecule has 40 heavy (non-hydrogen) atoms. The van der Waals surface area contributed by atoms with Gasteiger partial charge in [-0.25, -0.2) is 4.39 Å². The number of carboxylic acid groups (broad SMARTS) is 1. The first kappa shape index (κ1) is 28.2. The summed E-state index contributed by atoms with van der Waals surface area (Å²) in [5.74, 6) is 0.174. The van der Waals surface area contributed by atoms with Crippen molar-refractivity contribution in [3.8, 4) is 22.6 Å². The molecule has 0 aromatic heterocycles. The monoisotopic (exact) mass is 546 g/mol. The van der Waals surface area contributed by atoms with E-state index >= 15 is 4.39 Å². The normalized spacial score (nSPS) is 20.0. The minimum atomic E-state index is -0.780. The van der Waals surface area contributed by atoms with Crippen LogP contribution in [0.5, 0.6) is 11.5 Å². The summed E-state index contributed by atoms with van der Waals surface area (Å²) in [4.78, 5) is 11.6. The van der Waals surface area contributed by atoms with Crippen molar-refractivity contribution >= 4 is 5.97 Å². The van der Waals surface area contributed by atoms with Crippen LogP contribution in [0.1, 0.15) is 81.6 Å². The smallest absolute Gasteiger partial charge is 0.303 e. The van der Waals surface area contributed by atoms with Crippen molar-refractivity contribution in [3.05, 3.63) is 83.2 Å². The summed E-state index contributed by atoms with van der Waals surface area (Å²) in [5.41, 5.74) is 4.08. The van der Waals surface area contributed by atoms with Gasteiger partial charge in [0.15, 0.2) is 0 Å². The number of carboxylic acids is 1. The zero-order chi connectivity index (χ0) is 28.5. The number of methoxy groups -OCH3 is 1. The van der Waals surface area contributed by atoms with Gasteiger partial charge >= 0.3 is 5.97 Å². The molecule has 1 saturated carbocycles. The highest BCUT2D eigenvalue weighted by atomic mass is 19.1. The van der Waals surface area contributed by atoms with Crippen LogP contribution in [0.2, 0.25) is 0 Å². The lowest BCUT2D eigenvalue weighted by Crippen LogP contribution is -2.30. The molecule has 0 bridgehead atoms. The summed E-state index contributed by atoms with van der Waals surface area (Å²) in [6.07, 6.45) is 4.01. The van der Waals surface area contributed by atoms with Crippen LogP contribution in [0.4, 0.5) is 4.39 Å². The van der Waals surface area contributed by atoms with Crippen molar-refractivity contribution in [3.63, 3.8) is 0 Å². The van der Waals surface area contributed by atoms with E-state index < -0.39 is 5.97 Å².